The Bertz CT molecular complexity index is 978. The van der Waals surface area contributed by atoms with Crippen LogP contribution < -0.4 is 10.1 Å². The van der Waals surface area contributed by atoms with Gasteiger partial charge in [0.05, 0.1) is 11.4 Å². The molecule has 2 aromatic carbocycles. The molecule has 150 valence electrons. The van der Waals surface area contributed by atoms with Crippen molar-refractivity contribution in [3.63, 3.8) is 0 Å². The van der Waals surface area contributed by atoms with Crippen LogP contribution in [0.25, 0.3) is 11.3 Å². The van der Waals surface area contributed by atoms with E-state index >= 15 is 0 Å². The van der Waals surface area contributed by atoms with E-state index in [1.165, 1.54) is 23.9 Å². The second-order valence-corrected chi connectivity index (χ2v) is 6.98. The number of carbonyl (C=O) groups is 1. The quantitative estimate of drug-likeness (QED) is 0.565. The van der Waals surface area contributed by atoms with E-state index in [0.717, 1.165) is 29.0 Å². The summed E-state index contributed by atoms with van der Waals surface area (Å²) in [6, 6.07) is 16.4. The number of nitrogens with zero attached hydrogens (tertiary/aromatic N) is 2. The average Bonchev–Trinajstić information content (AvgIpc) is 2.68. The molecule has 0 spiro atoms. The average molecular weight is 419 g/mol. The maximum absolute atomic E-state index is 12.1. The van der Waals surface area contributed by atoms with Crippen LogP contribution in [0.4, 0.5) is 18.9 Å². The summed E-state index contributed by atoms with van der Waals surface area (Å²) in [7, 11) is 0. The van der Waals surface area contributed by atoms with E-state index in [1.54, 1.807) is 6.07 Å². The maximum atomic E-state index is 12.1. The molecule has 1 amide bonds. The molecule has 1 aromatic heterocycles. The standard InChI is InChI=1S/C20H16F3N3O2S/c1-13-4-2-3-5-16(13)17-10-11-19(26-25-17)29-12-18(27)24-14-6-8-15(9-7-14)28-20(21,22)23/h2-11H,12H2,1H3,(H,24,27). The van der Waals surface area contributed by atoms with Gasteiger partial charge in [0.15, 0.2) is 0 Å². The molecule has 0 radical (unpaired) electrons. The third kappa shape index (κ3) is 6.21. The predicted molar refractivity (Wildman–Crippen MR) is 105 cm³/mol. The van der Waals surface area contributed by atoms with Gasteiger partial charge in [-0.3, -0.25) is 4.79 Å². The summed E-state index contributed by atoms with van der Waals surface area (Å²) in [6.45, 7) is 1.99. The van der Waals surface area contributed by atoms with Crippen LogP contribution in [-0.4, -0.2) is 28.2 Å². The maximum Gasteiger partial charge on any atom is 0.573 e. The largest absolute Gasteiger partial charge is 0.573 e. The van der Waals surface area contributed by atoms with Crippen LogP contribution in [0.1, 0.15) is 5.56 Å². The van der Waals surface area contributed by atoms with Gasteiger partial charge in [0.2, 0.25) is 5.91 Å². The van der Waals surface area contributed by atoms with Gasteiger partial charge in [-0.1, -0.05) is 36.0 Å². The third-order valence-electron chi connectivity index (χ3n) is 3.78. The molecule has 1 N–H and O–H groups in total. The lowest BCUT2D eigenvalue weighted by Crippen LogP contribution is -2.17. The lowest BCUT2D eigenvalue weighted by Gasteiger charge is -2.10. The minimum absolute atomic E-state index is 0.0825. The van der Waals surface area contributed by atoms with Crippen molar-refractivity contribution in [1.29, 1.82) is 0 Å². The minimum Gasteiger partial charge on any atom is -0.406 e. The molecule has 5 nitrogen and oxygen atoms in total. The van der Waals surface area contributed by atoms with Gasteiger partial charge in [-0.25, -0.2) is 0 Å². The zero-order chi connectivity index (χ0) is 20.9. The molecule has 0 bridgehead atoms. The molecule has 0 aliphatic heterocycles. The van der Waals surface area contributed by atoms with Crippen LogP contribution in [0.2, 0.25) is 0 Å². The van der Waals surface area contributed by atoms with Gasteiger partial charge in [-0.05, 0) is 48.9 Å². The highest BCUT2D eigenvalue weighted by molar-refractivity contribution is 7.99. The van der Waals surface area contributed by atoms with Gasteiger partial charge in [0.25, 0.3) is 0 Å². The first kappa shape index (κ1) is 20.7. The summed E-state index contributed by atoms with van der Waals surface area (Å²) in [5.41, 5.74) is 3.20. The van der Waals surface area contributed by atoms with Crippen molar-refractivity contribution in [2.75, 3.05) is 11.1 Å². The lowest BCUT2D eigenvalue weighted by atomic mass is 10.1. The molecule has 0 atom stereocenters. The van der Waals surface area contributed by atoms with Crippen LogP contribution in [0.5, 0.6) is 5.75 Å². The monoisotopic (exact) mass is 419 g/mol. The van der Waals surface area contributed by atoms with E-state index in [9.17, 15) is 18.0 Å². The first-order chi connectivity index (χ1) is 13.8. The summed E-state index contributed by atoms with van der Waals surface area (Å²) in [4.78, 5) is 12.0. The van der Waals surface area contributed by atoms with Gasteiger partial charge in [0, 0.05) is 11.3 Å². The van der Waals surface area contributed by atoms with Crippen LogP contribution in [-0.2, 0) is 4.79 Å². The van der Waals surface area contributed by atoms with E-state index < -0.39 is 6.36 Å². The fraction of sp³-hybridized carbons (Fsp3) is 0.150. The number of thioether (sulfide) groups is 1. The van der Waals surface area contributed by atoms with E-state index in [2.05, 4.69) is 20.3 Å². The second kappa shape index (κ2) is 8.95. The Morgan fingerprint density at radius 3 is 2.38 bits per heavy atom. The van der Waals surface area contributed by atoms with E-state index in [0.29, 0.717) is 10.7 Å². The van der Waals surface area contributed by atoms with Crippen LogP contribution in [0, 0.1) is 6.92 Å². The number of carbonyl (C=O) groups excluding carboxylic acids is 1. The molecule has 3 rings (SSSR count). The molecular weight excluding hydrogens is 403 g/mol. The molecule has 29 heavy (non-hydrogen) atoms. The highest BCUT2D eigenvalue weighted by Gasteiger charge is 2.30. The number of hydrogen-bond acceptors (Lipinski definition) is 5. The molecule has 1 heterocycles. The number of alkyl halides is 3. The fourth-order valence-corrected chi connectivity index (χ4v) is 3.09. The van der Waals surface area contributed by atoms with Crippen molar-refractivity contribution < 1.29 is 22.7 Å². The summed E-state index contributed by atoms with van der Waals surface area (Å²) in [5.74, 6) is -0.586. The van der Waals surface area contributed by atoms with Crippen LogP contribution in [0.3, 0.4) is 0 Å². The Kier molecular flexibility index (Phi) is 6.38. The normalized spacial score (nSPS) is 11.2. The Morgan fingerprint density at radius 2 is 1.76 bits per heavy atom. The Balaban J connectivity index is 1.52. The fourth-order valence-electron chi connectivity index (χ4n) is 2.48. The molecular formula is C20H16F3N3O2S. The first-order valence-corrected chi connectivity index (χ1v) is 9.47. The van der Waals surface area contributed by atoms with Crippen LogP contribution in [0.15, 0.2) is 65.7 Å². The summed E-state index contributed by atoms with van der Waals surface area (Å²) < 4.78 is 40.2. The van der Waals surface area contributed by atoms with Gasteiger partial charge in [0.1, 0.15) is 10.8 Å². The summed E-state index contributed by atoms with van der Waals surface area (Å²) >= 11 is 1.21. The molecule has 0 aliphatic carbocycles. The number of benzene rings is 2. The highest BCUT2D eigenvalue weighted by atomic mass is 32.2. The zero-order valence-corrected chi connectivity index (χ0v) is 16.1. The number of halogens is 3. The van der Waals surface area contributed by atoms with E-state index in [1.807, 2.05) is 37.3 Å². The zero-order valence-electron chi connectivity index (χ0n) is 15.2. The molecule has 0 unspecified atom stereocenters. The molecule has 9 heteroatoms. The van der Waals surface area contributed by atoms with Crippen molar-refractivity contribution >= 4 is 23.4 Å². The van der Waals surface area contributed by atoms with E-state index in [4.69, 9.17) is 0 Å². The number of hydrogen-bond donors (Lipinski definition) is 1. The number of anilines is 1. The van der Waals surface area contributed by atoms with E-state index in [-0.39, 0.29) is 17.4 Å². The molecule has 3 aromatic rings. The van der Waals surface area contributed by atoms with Crippen molar-refractivity contribution in [3.05, 3.63) is 66.2 Å². The summed E-state index contributed by atoms with van der Waals surface area (Å²) in [5, 5.41) is 11.5. The van der Waals surface area contributed by atoms with Crippen molar-refractivity contribution in [3.8, 4) is 17.0 Å². The highest BCUT2D eigenvalue weighted by Crippen LogP contribution is 2.25. The topological polar surface area (TPSA) is 64.1 Å². The number of amides is 1. The lowest BCUT2D eigenvalue weighted by molar-refractivity contribution is -0.274. The number of aromatic nitrogens is 2. The molecule has 0 saturated heterocycles. The Labute approximate surface area is 169 Å². The molecule has 0 saturated carbocycles. The smallest absolute Gasteiger partial charge is 0.406 e. The third-order valence-corrected chi connectivity index (χ3v) is 4.70. The predicted octanol–water partition coefficient (Wildman–Crippen LogP) is 5.08. The summed E-state index contributed by atoms with van der Waals surface area (Å²) in [6.07, 6.45) is -4.75. The number of nitrogens with one attached hydrogen (secondary N) is 1. The van der Waals surface area contributed by atoms with Crippen molar-refractivity contribution in [1.82, 2.24) is 10.2 Å². The SMILES string of the molecule is Cc1ccccc1-c1ccc(SCC(=O)Nc2ccc(OC(F)(F)F)cc2)nn1. The second-order valence-electron chi connectivity index (χ2n) is 5.98. The van der Waals surface area contributed by atoms with Gasteiger partial charge < -0.3 is 10.1 Å². The number of rotatable bonds is 6. The van der Waals surface area contributed by atoms with Gasteiger partial charge in [-0.2, -0.15) is 0 Å². The van der Waals surface area contributed by atoms with Gasteiger partial charge >= 0.3 is 6.36 Å². The minimum atomic E-state index is -4.75. The van der Waals surface area contributed by atoms with Crippen LogP contribution >= 0.6 is 11.8 Å². The Morgan fingerprint density at radius 1 is 1.03 bits per heavy atom. The van der Waals surface area contributed by atoms with Gasteiger partial charge in [-0.15, -0.1) is 23.4 Å². The first-order valence-electron chi connectivity index (χ1n) is 8.48. The van der Waals surface area contributed by atoms with Crippen molar-refractivity contribution in [2.24, 2.45) is 0 Å². The van der Waals surface area contributed by atoms with Crippen molar-refractivity contribution in [2.45, 2.75) is 18.3 Å². The molecule has 0 fully saturated rings. The number of ether oxygens (including phenoxy) is 1. The number of aryl methyl sites for hydroxylation is 1. The Hall–Kier alpha value is -3.07. The molecule has 0 aliphatic rings.